The maximum absolute atomic E-state index is 13.7. The second-order valence-corrected chi connectivity index (χ2v) is 4.60. The predicted molar refractivity (Wildman–Crippen MR) is 68.6 cm³/mol. The lowest BCUT2D eigenvalue weighted by Gasteiger charge is -2.11. The molecule has 0 spiro atoms. The first kappa shape index (κ1) is 13.8. The molecule has 104 valence electrons. The molecular weight excluding hydrogens is 251 g/mol. The Balaban J connectivity index is 1.96. The van der Waals surface area contributed by atoms with Crippen LogP contribution in [0.25, 0.3) is 0 Å². The lowest BCUT2D eigenvalue weighted by atomic mass is 10.2. The second kappa shape index (κ2) is 5.54. The summed E-state index contributed by atoms with van der Waals surface area (Å²) in [5.41, 5.74) is 5.34. The van der Waals surface area contributed by atoms with Crippen molar-refractivity contribution in [3.63, 3.8) is 0 Å². The summed E-state index contributed by atoms with van der Waals surface area (Å²) in [5, 5.41) is 2.60. The van der Waals surface area contributed by atoms with E-state index in [1.54, 1.807) is 13.2 Å². The largest absolute Gasteiger partial charge is 0.488 e. The molecule has 1 aliphatic carbocycles. The van der Waals surface area contributed by atoms with Gasteiger partial charge < -0.3 is 20.5 Å². The number of carbonyl (C=O) groups is 1. The summed E-state index contributed by atoms with van der Waals surface area (Å²) < 4.78 is 23.7. The number of anilines is 1. The SMILES string of the molecule is COCCOc1ccc(NC(=O)C2(N)CC2)cc1F. The second-order valence-electron chi connectivity index (χ2n) is 4.60. The Bertz CT molecular complexity index is 475. The van der Waals surface area contributed by atoms with Gasteiger partial charge in [0.15, 0.2) is 11.6 Å². The van der Waals surface area contributed by atoms with E-state index in [2.05, 4.69) is 5.32 Å². The molecule has 5 nitrogen and oxygen atoms in total. The topological polar surface area (TPSA) is 73.6 Å². The van der Waals surface area contributed by atoms with Crippen molar-refractivity contribution in [2.24, 2.45) is 5.73 Å². The van der Waals surface area contributed by atoms with E-state index >= 15 is 0 Å². The fourth-order valence-electron chi connectivity index (χ4n) is 1.55. The van der Waals surface area contributed by atoms with Crippen molar-refractivity contribution in [1.29, 1.82) is 0 Å². The minimum Gasteiger partial charge on any atom is -0.488 e. The van der Waals surface area contributed by atoms with Gasteiger partial charge in [-0.25, -0.2) is 4.39 Å². The summed E-state index contributed by atoms with van der Waals surface area (Å²) >= 11 is 0. The number of nitrogens with one attached hydrogen (secondary N) is 1. The monoisotopic (exact) mass is 268 g/mol. The highest BCUT2D eigenvalue weighted by Crippen LogP contribution is 2.33. The zero-order chi connectivity index (χ0) is 13.9. The lowest BCUT2D eigenvalue weighted by Crippen LogP contribution is -2.37. The number of benzene rings is 1. The van der Waals surface area contributed by atoms with Crippen molar-refractivity contribution < 1.29 is 18.7 Å². The van der Waals surface area contributed by atoms with Crippen LogP contribution in [0.5, 0.6) is 5.75 Å². The Hall–Kier alpha value is -1.66. The maximum Gasteiger partial charge on any atom is 0.244 e. The number of hydrogen-bond acceptors (Lipinski definition) is 4. The normalized spacial score (nSPS) is 15.9. The molecule has 0 aliphatic heterocycles. The molecule has 6 heteroatoms. The van der Waals surface area contributed by atoms with Gasteiger partial charge >= 0.3 is 0 Å². The Labute approximate surface area is 110 Å². The Morgan fingerprint density at radius 2 is 2.21 bits per heavy atom. The third-order valence-electron chi connectivity index (χ3n) is 2.98. The van der Waals surface area contributed by atoms with Crippen molar-refractivity contribution in [1.82, 2.24) is 0 Å². The molecule has 19 heavy (non-hydrogen) atoms. The van der Waals surface area contributed by atoms with Crippen LogP contribution in [-0.2, 0) is 9.53 Å². The molecule has 0 heterocycles. The van der Waals surface area contributed by atoms with Crippen LogP contribution in [0.3, 0.4) is 0 Å². The summed E-state index contributed by atoms with van der Waals surface area (Å²) in [4.78, 5) is 11.7. The van der Waals surface area contributed by atoms with Crippen molar-refractivity contribution in [3.8, 4) is 5.75 Å². The van der Waals surface area contributed by atoms with Gasteiger partial charge in [-0.05, 0) is 25.0 Å². The van der Waals surface area contributed by atoms with Crippen molar-refractivity contribution in [3.05, 3.63) is 24.0 Å². The summed E-state index contributed by atoms with van der Waals surface area (Å²) in [6.07, 6.45) is 1.33. The fraction of sp³-hybridized carbons (Fsp3) is 0.462. The minimum atomic E-state index is -0.774. The van der Waals surface area contributed by atoms with Crippen LogP contribution in [0.2, 0.25) is 0 Å². The van der Waals surface area contributed by atoms with Gasteiger partial charge in [0, 0.05) is 18.9 Å². The molecule has 2 rings (SSSR count). The van der Waals surface area contributed by atoms with Crippen LogP contribution >= 0.6 is 0 Å². The zero-order valence-electron chi connectivity index (χ0n) is 10.7. The Morgan fingerprint density at radius 3 is 2.79 bits per heavy atom. The molecule has 0 atom stereocenters. The number of halogens is 1. The standard InChI is InChI=1S/C13H17FN2O3/c1-18-6-7-19-11-3-2-9(8-10(11)14)16-12(17)13(15)4-5-13/h2-3,8H,4-7,15H2,1H3,(H,16,17). The number of amides is 1. The maximum atomic E-state index is 13.7. The number of carbonyl (C=O) groups excluding carboxylic acids is 1. The molecule has 0 radical (unpaired) electrons. The Morgan fingerprint density at radius 1 is 1.47 bits per heavy atom. The van der Waals surface area contributed by atoms with Crippen LogP contribution in [0.15, 0.2) is 18.2 Å². The van der Waals surface area contributed by atoms with Crippen molar-refractivity contribution in [2.45, 2.75) is 18.4 Å². The summed E-state index contributed by atoms with van der Waals surface area (Å²) in [6, 6.07) is 4.26. The average Bonchev–Trinajstić information content (AvgIpc) is 3.12. The van der Waals surface area contributed by atoms with E-state index in [0.717, 1.165) is 0 Å². The van der Waals surface area contributed by atoms with Gasteiger partial charge in [-0.1, -0.05) is 0 Å². The van der Waals surface area contributed by atoms with E-state index in [0.29, 0.717) is 25.1 Å². The molecule has 0 aromatic heterocycles. The zero-order valence-corrected chi connectivity index (χ0v) is 10.7. The van der Waals surface area contributed by atoms with E-state index < -0.39 is 11.4 Å². The number of rotatable bonds is 6. The van der Waals surface area contributed by atoms with Crippen molar-refractivity contribution in [2.75, 3.05) is 25.6 Å². The molecule has 3 N–H and O–H groups in total. The molecule has 1 saturated carbocycles. The Kier molecular flexibility index (Phi) is 4.01. The van der Waals surface area contributed by atoms with Gasteiger partial charge in [-0.3, -0.25) is 4.79 Å². The molecule has 0 saturated heterocycles. The van der Waals surface area contributed by atoms with Crippen LogP contribution < -0.4 is 15.8 Å². The minimum absolute atomic E-state index is 0.129. The first-order valence-electron chi connectivity index (χ1n) is 6.07. The van der Waals surface area contributed by atoms with Crippen LogP contribution in [0, 0.1) is 5.82 Å². The first-order valence-corrected chi connectivity index (χ1v) is 6.07. The summed E-state index contributed by atoms with van der Waals surface area (Å²) in [5.74, 6) is -0.681. The smallest absolute Gasteiger partial charge is 0.244 e. The lowest BCUT2D eigenvalue weighted by molar-refractivity contribution is -0.118. The summed E-state index contributed by atoms with van der Waals surface area (Å²) in [6.45, 7) is 0.651. The first-order chi connectivity index (χ1) is 9.05. The highest BCUT2D eigenvalue weighted by Gasteiger charge is 2.45. The molecule has 0 bridgehead atoms. The number of methoxy groups -OCH3 is 1. The molecule has 1 fully saturated rings. The highest BCUT2D eigenvalue weighted by molar-refractivity contribution is 6.00. The predicted octanol–water partition coefficient (Wildman–Crippen LogP) is 1.28. The third-order valence-corrected chi connectivity index (χ3v) is 2.98. The van der Waals surface area contributed by atoms with Gasteiger partial charge in [-0.15, -0.1) is 0 Å². The fourth-order valence-corrected chi connectivity index (χ4v) is 1.55. The molecule has 1 aromatic rings. The quantitative estimate of drug-likeness (QED) is 0.762. The van der Waals surface area contributed by atoms with Crippen molar-refractivity contribution >= 4 is 11.6 Å². The van der Waals surface area contributed by atoms with Gasteiger partial charge in [0.1, 0.15) is 6.61 Å². The van der Waals surface area contributed by atoms with Crippen LogP contribution in [0.1, 0.15) is 12.8 Å². The molecular formula is C13H17FN2O3. The molecule has 1 aromatic carbocycles. The highest BCUT2D eigenvalue weighted by atomic mass is 19.1. The third kappa shape index (κ3) is 3.42. The van der Waals surface area contributed by atoms with Crippen LogP contribution in [0.4, 0.5) is 10.1 Å². The number of ether oxygens (including phenoxy) is 2. The van der Waals surface area contributed by atoms with E-state index in [-0.39, 0.29) is 18.3 Å². The number of nitrogens with two attached hydrogens (primary N) is 1. The van der Waals surface area contributed by atoms with E-state index in [1.165, 1.54) is 12.1 Å². The van der Waals surface area contributed by atoms with E-state index in [4.69, 9.17) is 15.2 Å². The van der Waals surface area contributed by atoms with Crippen LogP contribution in [-0.4, -0.2) is 31.8 Å². The van der Waals surface area contributed by atoms with Gasteiger partial charge in [0.05, 0.1) is 12.1 Å². The number of hydrogen-bond donors (Lipinski definition) is 2. The summed E-state index contributed by atoms with van der Waals surface area (Å²) in [7, 11) is 1.54. The van der Waals surface area contributed by atoms with E-state index in [9.17, 15) is 9.18 Å². The van der Waals surface area contributed by atoms with E-state index in [1.807, 2.05) is 0 Å². The van der Waals surface area contributed by atoms with Gasteiger partial charge in [-0.2, -0.15) is 0 Å². The average molecular weight is 268 g/mol. The van der Waals surface area contributed by atoms with Gasteiger partial charge in [0.2, 0.25) is 5.91 Å². The van der Waals surface area contributed by atoms with Gasteiger partial charge in [0.25, 0.3) is 0 Å². The molecule has 1 aliphatic rings. The molecule has 1 amide bonds. The molecule has 0 unspecified atom stereocenters.